The van der Waals surface area contributed by atoms with Crippen LogP contribution in [0.5, 0.6) is 0 Å². The highest BCUT2D eigenvalue weighted by Gasteiger charge is 2.20. The van der Waals surface area contributed by atoms with Crippen LogP contribution in [0.15, 0.2) is 35.2 Å². The third-order valence-electron chi connectivity index (χ3n) is 3.01. The fourth-order valence-corrected chi connectivity index (χ4v) is 4.30. The van der Waals surface area contributed by atoms with E-state index in [-0.39, 0.29) is 4.90 Å². The summed E-state index contributed by atoms with van der Waals surface area (Å²) in [7, 11) is -3.74. The average molecular weight is 437 g/mol. The molecule has 0 amide bonds. The van der Waals surface area contributed by atoms with Gasteiger partial charge in [-0.05, 0) is 77.9 Å². The standard InChI is InChI=1S/C14H14ClIN2O2S/c1-8-5-12(17)9(2)14(6-8)21(19,20)18-13-4-3-10(16)7-11(13)15/h3-7,18H,17H2,1-2H3. The number of aryl methyl sites for hydroxylation is 1. The van der Waals surface area contributed by atoms with Gasteiger partial charge >= 0.3 is 0 Å². The number of sulfonamides is 1. The van der Waals surface area contributed by atoms with E-state index >= 15 is 0 Å². The van der Waals surface area contributed by atoms with E-state index in [9.17, 15) is 8.42 Å². The molecule has 0 aromatic heterocycles. The summed E-state index contributed by atoms with van der Waals surface area (Å²) in [5.41, 5.74) is 7.94. The van der Waals surface area contributed by atoms with Gasteiger partial charge in [-0.25, -0.2) is 8.42 Å². The van der Waals surface area contributed by atoms with Crippen LogP contribution in [0.4, 0.5) is 11.4 Å². The maximum absolute atomic E-state index is 12.5. The summed E-state index contributed by atoms with van der Waals surface area (Å²) >= 11 is 8.18. The molecule has 0 fully saturated rings. The second kappa shape index (κ2) is 6.02. The molecule has 0 aliphatic rings. The fourth-order valence-electron chi connectivity index (χ4n) is 1.90. The van der Waals surface area contributed by atoms with E-state index in [4.69, 9.17) is 17.3 Å². The molecule has 3 N–H and O–H groups in total. The van der Waals surface area contributed by atoms with Crippen LogP contribution >= 0.6 is 34.2 Å². The van der Waals surface area contributed by atoms with Crippen molar-refractivity contribution in [1.82, 2.24) is 0 Å². The largest absolute Gasteiger partial charge is 0.398 e. The Morgan fingerprint density at radius 1 is 1.19 bits per heavy atom. The lowest BCUT2D eigenvalue weighted by Gasteiger charge is -2.14. The molecule has 0 unspecified atom stereocenters. The Labute approximate surface area is 142 Å². The van der Waals surface area contributed by atoms with Crippen molar-refractivity contribution in [3.63, 3.8) is 0 Å². The van der Waals surface area contributed by atoms with Crippen molar-refractivity contribution in [1.29, 1.82) is 0 Å². The Morgan fingerprint density at radius 2 is 1.86 bits per heavy atom. The van der Waals surface area contributed by atoms with Gasteiger partial charge in [-0.3, -0.25) is 4.72 Å². The molecule has 2 aromatic carbocycles. The van der Waals surface area contributed by atoms with Crippen LogP contribution in [0.2, 0.25) is 5.02 Å². The molecule has 0 saturated carbocycles. The molecule has 0 saturated heterocycles. The minimum Gasteiger partial charge on any atom is -0.398 e. The lowest BCUT2D eigenvalue weighted by molar-refractivity contribution is 0.600. The number of nitrogens with two attached hydrogens (primary N) is 1. The highest BCUT2D eigenvalue weighted by atomic mass is 127. The molecule has 0 aliphatic heterocycles. The first-order valence-electron chi connectivity index (χ1n) is 6.05. The van der Waals surface area contributed by atoms with Crippen molar-refractivity contribution in [2.24, 2.45) is 0 Å². The lowest BCUT2D eigenvalue weighted by Crippen LogP contribution is -2.15. The first kappa shape index (κ1) is 16.4. The predicted molar refractivity (Wildman–Crippen MR) is 95.3 cm³/mol. The smallest absolute Gasteiger partial charge is 0.262 e. The SMILES string of the molecule is Cc1cc(N)c(C)c(S(=O)(=O)Nc2ccc(I)cc2Cl)c1. The second-order valence-corrected chi connectivity index (χ2v) is 8.01. The monoisotopic (exact) mass is 436 g/mol. The van der Waals surface area contributed by atoms with Crippen molar-refractivity contribution in [2.75, 3.05) is 10.5 Å². The van der Waals surface area contributed by atoms with Crippen LogP contribution in [0, 0.1) is 17.4 Å². The Bertz CT molecular complexity index is 807. The zero-order chi connectivity index (χ0) is 15.8. The molecule has 0 spiro atoms. The fraction of sp³-hybridized carbons (Fsp3) is 0.143. The lowest BCUT2D eigenvalue weighted by atomic mass is 10.1. The molecule has 2 rings (SSSR count). The number of halogens is 2. The van der Waals surface area contributed by atoms with Gasteiger partial charge in [-0.15, -0.1) is 0 Å². The van der Waals surface area contributed by atoms with Crippen molar-refractivity contribution in [3.05, 3.63) is 50.1 Å². The second-order valence-electron chi connectivity index (χ2n) is 4.71. The molecule has 4 nitrogen and oxygen atoms in total. The Balaban J connectivity index is 2.48. The highest BCUT2D eigenvalue weighted by Crippen LogP contribution is 2.29. The number of rotatable bonds is 3. The molecule has 0 heterocycles. The van der Waals surface area contributed by atoms with Crippen molar-refractivity contribution < 1.29 is 8.42 Å². The maximum atomic E-state index is 12.5. The van der Waals surface area contributed by atoms with Gasteiger partial charge in [0.15, 0.2) is 0 Å². The first-order chi connectivity index (χ1) is 9.70. The van der Waals surface area contributed by atoms with E-state index in [1.54, 1.807) is 44.2 Å². The van der Waals surface area contributed by atoms with Gasteiger partial charge < -0.3 is 5.73 Å². The van der Waals surface area contributed by atoms with Crippen LogP contribution in [-0.4, -0.2) is 8.42 Å². The molecule has 0 aliphatic carbocycles. The highest BCUT2D eigenvalue weighted by molar-refractivity contribution is 14.1. The normalized spacial score (nSPS) is 11.4. The molecule has 21 heavy (non-hydrogen) atoms. The van der Waals surface area contributed by atoms with Crippen LogP contribution in [-0.2, 0) is 10.0 Å². The van der Waals surface area contributed by atoms with Gasteiger partial charge in [0, 0.05) is 9.26 Å². The van der Waals surface area contributed by atoms with Gasteiger partial charge in [0.2, 0.25) is 0 Å². The van der Waals surface area contributed by atoms with E-state index < -0.39 is 10.0 Å². The van der Waals surface area contributed by atoms with Gasteiger partial charge in [0.05, 0.1) is 15.6 Å². The average Bonchev–Trinajstić information content (AvgIpc) is 2.37. The summed E-state index contributed by atoms with van der Waals surface area (Å²) in [6, 6.07) is 8.44. The van der Waals surface area contributed by atoms with Crippen LogP contribution in [0.1, 0.15) is 11.1 Å². The molecule has 2 aromatic rings. The van der Waals surface area contributed by atoms with Crippen LogP contribution < -0.4 is 10.5 Å². The zero-order valence-corrected chi connectivity index (χ0v) is 15.2. The maximum Gasteiger partial charge on any atom is 0.262 e. The number of hydrogen-bond acceptors (Lipinski definition) is 3. The summed E-state index contributed by atoms with van der Waals surface area (Å²) in [6.07, 6.45) is 0. The molecule has 112 valence electrons. The van der Waals surface area contributed by atoms with Crippen molar-refractivity contribution in [2.45, 2.75) is 18.7 Å². The molecule has 0 radical (unpaired) electrons. The van der Waals surface area contributed by atoms with E-state index in [2.05, 4.69) is 27.3 Å². The van der Waals surface area contributed by atoms with E-state index in [0.29, 0.717) is 22.0 Å². The molecule has 0 bridgehead atoms. The zero-order valence-electron chi connectivity index (χ0n) is 11.4. The Kier molecular flexibility index (Phi) is 4.69. The third kappa shape index (κ3) is 3.61. The van der Waals surface area contributed by atoms with Gasteiger partial charge in [-0.1, -0.05) is 11.6 Å². The Hall–Kier alpha value is -0.990. The van der Waals surface area contributed by atoms with Crippen LogP contribution in [0.25, 0.3) is 0 Å². The Morgan fingerprint density at radius 3 is 2.48 bits per heavy atom. The molecular weight excluding hydrogens is 423 g/mol. The molecule has 7 heteroatoms. The number of nitrogen functional groups attached to an aromatic ring is 1. The summed E-state index contributed by atoms with van der Waals surface area (Å²) in [6.45, 7) is 3.48. The number of nitrogens with one attached hydrogen (secondary N) is 1. The van der Waals surface area contributed by atoms with E-state index in [0.717, 1.165) is 9.13 Å². The summed E-state index contributed by atoms with van der Waals surface area (Å²) in [4.78, 5) is 0.162. The van der Waals surface area contributed by atoms with E-state index in [1.807, 2.05) is 0 Å². The van der Waals surface area contributed by atoms with Crippen molar-refractivity contribution in [3.8, 4) is 0 Å². The van der Waals surface area contributed by atoms with Crippen molar-refractivity contribution >= 4 is 55.6 Å². The summed E-state index contributed by atoms with van der Waals surface area (Å²) < 4.78 is 28.5. The predicted octanol–water partition coefficient (Wildman–Crippen LogP) is 3.94. The number of benzene rings is 2. The minimum absolute atomic E-state index is 0.162. The number of hydrogen-bond donors (Lipinski definition) is 2. The first-order valence-corrected chi connectivity index (χ1v) is 8.99. The van der Waals surface area contributed by atoms with Gasteiger partial charge in [0.1, 0.15) is 0 Å². The van der Waals surface area contributed by atoms with E-state index in [1.165, 1.54) is 0 Å². The topological polar surface area (TPSA) is 72.2 Å². The molecule has 0 atom stereocenters. The summed E-state index contributed by atoms with van der Waals surface area (Å²) in [5.74, 6) is 0. The number of anilines is 2. The summed E-state index contributed by atoms with van der Waals surface area (Å²) in [5, 5.41) is 0.351. The van der Waals surface area contributed by atoms with Gasteiger partial charge in [-0.2, -0.15) is 0 Å². The minimum atomic E-state index is -3.74. The van der Waals surface area contributed by atoms with Crippen LogP contribution in [0.3, 0.4) is 0 Å². The quantitative estimate of drug-likeness (QED) is 0.565. The molecular formula is C14H14ClIN2O2S. The third-order valence-corrected chi connectivity index (χ3v) is 5.48. The van der Waals surface area contributed by atoms with Gasteiger partial charge in [0.25, 0.3) is 10.0 Å².